The van der Waals surface area contributed by atoms with Crippen LogP contribution in [-0.4, -0.2) is 16.5 Å². The van der Waals surface area contributed by atoms with E-state index in [9.17, 15) is 9.90 Å². The lowest BCUT2D eigenvalue weighted by Gasteiger charge is -2.62. The molecule has 0 saturated heterocycles. The molecule has 106 valence electrons. The molecule has 0 amide bonds. The van der Waals surface area contributed by atoms with E-state index in [2.05, 4.69) is 13.8 Å². The van der Waals surface area contributed by atoms with Gasteiger partial charge in [0.25, 0.3) is 0 Å². The maximum Gasteiger partial charge on any atom is 0.190 e. The number of hydrogen-bond donors (Lipinski definition) is 1. The summed E-state index contributed by atoms with van der Waals surface area (Å²) in [5, 5.41) is 10.6. The van der Waals surface area contributed by atoms with Crippen molar-refractivity contribution < 1.29 is 9.90 Å². The standard InChI is InChI=1S/C18H22O2/c1-11-5-7-12(8-6-11)9-13-14-10-15(17(14,2)3)18(4,20)16(13)19/h5-9,14-15,20H,10H2,1-4H3. The van der Waals surface area contributed by atoms with Gasteiger partial charge in [0.2, 0.25) is 0 Å². The first-order valence-electron chi connectivity index (χ1n) is 7.30. The number of aryl methyl sites for hydroxylation is 1. The average molecular weight is 270 g/mol. The fourth-order valence-corrected chi connectivity index (χ4v) is 4.02. The van der Waals surface area contributed by atoms with Crippen molar-refractivity contribution in [3.63, 3.8) is 0 Å². The van der Waals surface area contributed by atoms with Crippen molar-refractivity contribution >= 4 is 11.9 Å². The maximum atomic E-state index is 12.5. The summed E-state index contributed by atoms with van der Waals surface area (Å²) in [6.45, 7) is 8.05. The van der Waals surface area contributed by atoms with Crippen molar-refractivity contribution in [2.75, 3.05) is 0 Å². The highest BCUT2D eigenvalue weighted by molar-refractivity contribution is 6.07. The highest BCUT2D eigenvalue weighted by Crippen LogP contribution is 2.63. The van der Waals surface area contributed by atoms with Crippen LogP contribution in [0, 0.1) is 24.2 Å². The zero-order valence-corrected chi connectivity index (χ0v) is 12.6. The van der Waals surface area contributed by atoms with E-state index in [4.69, 9.17) is 0 Å². The first-order chi connectivity index (χ1) is 9.24. The predicted molar refractivity (Wildman–Crippen MR) is 80.2 cm³/mol. The number of benzene rings is 1. The molecule has 2 nitrogen and oxygen atoms in total. The van der Waals surface area contributed by atoms with Crippen molar-refractivity contribution in [2.24, 2.45) is 17.3 Å². The van der Waals surface area contributed by atoms with Crippen molar-refractivity contribution in [3.8, 4) is 0 Å². The van der Waals surface area contributed by atoms with Gasteiger partial charge < -0.3 is 5.11 Å². The highest BCUT2D eigenvalue weighted by atomic mass is 16.3. The third kappa shape index (κ3) is 1.71. The summed E-state index contributed by atoms with van der Waals surface area (Å²) in [5.74, 6) is 0.280. The summed E-state index contributed by atoms with van der Waals surface area (Å²) in [6, 6.07) is 8.16. The van der Waals surface area contributed by atoms with E-state index < -0.39 is 5.60 Å². The molecule has 0 aliphatic heterocycles. The highest BCUT2D eigenvalue weighted by Gasteiger charge is 2.65. The van der Waals surface area contributed by atoms with E-state index in [0.29, 0.717) is 0 Å². The van der Waals surface area contributed by atoms with Crippen LogP contribution in [0.15, 0.2) is 29.8 Å². The summed E-state index contributed by atoms with van der Waals surface area (Å²) >= 11 is 0. The van der Waals surface area contributed by atoms with Gasteiger partial charge in [-0.1, -0.05) is 43.7 Å². The van der Waals surface area contributed by atoms with Gasteiger partial charge in [0, 0.05) is 11.5 Å². The lowest BCUT2D eigenvalue weighted by atomic mass is 9.42. The molecule has 3 atom stereocenters. The first-order valence-corrected chi connectivity index (χ1v) is 7.30. The monoisotopic (exact) mass is 270 g/mol. The molecule has 3 fully saturated rings. The number of carbonyl (C=O) groups is 1. The van der Waals surface area contributed by atoms with E-state index >= 15 is 0 Å². The van der Waals surface area contributed by atoms with Crippen LogP contribution in [0.3, 0.4) is 0 Å². The molecule has 0 aromatic heterocycles. The van der Waals surface area contributed by atoms with Crippen LogP contribution in [-0.2, 0) is 4.79 Å². The number of ketones is 1. The smallest absolute Gasteiger partial charge is 0.190 e. The number of fused-ring (bicyclic) bond motifs is 2. The number of carbonyl (C=O) groups excluding carboxylic acids is 1. The van der Waals surface area contributed by atoms with Crippen LogP contribution < -0.4 is 0 Å². The van der Waals surface area contributed by atoms with Gasteiger partial charge in [-0.05, 0) is 43.2 Å². The molecular formula is C18H22O2. The first kappa shape index (κ1) is 13.6. The number of hydrogen-bond acceptors (Lipinski definition) is 2. The second-order valence-electron chi connectivity index (χ2n) is 7.15. The van der Waals surface area contributed by atoms with Crippen LogP contribution >= 0.6 is 0 Å². The molecule has 2 bridgehead atoms. The number of aliphatic hydroxyl groups is 1. The van der Waals surface area contributed by atoms with Crippen molar-refractivity contribution in [1.82, 2.24) is 0 Å². The summed E-state index contributed by atoms with van der Waals surface area (Å²) in [7, 11) is 0. The minimum atomic E-state index is -1.21. The maximum absolute atomic E-state index is 12.5. The van der Waals surface area contributed by atoms with Gasteiger partial charge in [-0.15, -0.1) is 0 Å². The fraction of sp³-hybridized carbons (Fsp3) is 0.500. The van der Waals surface area contributed by atoms with Gasteiger partial charge in [-0.3, -0.25) is 4.79 Å². The van der Waals surface area contributed by atoms with E-state index in [1.54, 1.807) is 6.92 Å². The normalized spacial score (nSPS) is 36.9. The van der Waals surface area contributed by atoms with Gasteiger partial charge >= 0.3 is 0 Å². The van der Waals surface area contributed by atoms with Gasteiger partial charge in [-0.2, -0.15) is 0 Å². The van der Waals surface area contributed by atoms with Crippen LogP contribution in [0.1, 0.15) is 38.3 Å². The minimum absolute atomic E-state index is 0.00788. The summed E-state index contributed by atoms with van der Waals surface area (Å²) in [6.07, 6.45) is 2.89. The molecule has 0 heterocycles. The minimum Gasteiger partial charge on any atom is -0.382 e. The molecule has 3 aliphatic rings. The van der Waals surface area contributed by atoms with Gasteiger partial charge in [0.05, 0.1) is 0 Å². The summed E-state index contributed by atoms with van der Waals surface area (Å²) < 4.78 is 0. The van der Waals surface area contributed by atoms with E-state index in [0.717, 1.165) is 17.6 Å². The topological polar surface area (TPSA) is 37.3 Å². The summed E-state index contributed by atoms with van der Waals surface area (Å²) in [5.41, 5.74) is 1.84. The van der Waals surface area contributed by atoms with Gasteiger partial charge in [-0.25, -0.2) is 0 Å². The van der Waals surface area contributed by atoms with Crippen molar-refractivity contribution in [1.29, 1.82) is 0 Å². The van der Waals surface area contributed by atoms with Gasteiger partial charge in [0.15, 0.2) is 5.78 Å². The SMILES string of the molecule is Cc1ccc(C=C2C(=O)C(C)(O)C3CC2C3(C)C)cc1. The molecular weight excluding hydrogens is 248 g/mol. The Morgan fingerprint density at radius 2 is 1.80 bits per heavy atom. The second-order valence-corrected chi connectivity index (χ2v) is 7.15. The largest absolute Gasteiger partial charge is 0.382 e. The van der Waals surface area contributed by atoms with E-state index in [-0.39, 0.29) is 23.0 Å². The third-order valence-electron chi connectivity index (χ3n) is 5.44. The Labute approximate surface area is 120 Å². The molecule has 3 aliphatic carbocycles. The summed E-state index contributed by atoms with van der Waals surface area (Å²) in [4.78, 5) is 12.5. The Hall–Kier alpha value is -1.41. The molecule has 1 aromatic carbocycles. The van der Waals surface area contributed by atoms with Crippen LogP contribution in [0.4, 0.5) is 0 Å². The zero-order chi connectivity index (χ0) is 14.7. The molecule has 2 heteroatoms. The Kier molecular flexibility index (Phi) is 2.74. The van der Waals surface area contributed by atoms with Crippen LogP contribution in [0.2, 0.25) is 0 Å². The lowest BCUT2D eigenvalue weighted by molar-refractivity contribution is -0.180. The second kappa shape index (κ2) is 4.05. The molecule has 0 radical (unpaired) electrons. The Bertz CT molecular complexity index is 590. The quantitative estimate of drug-likeness (QED) is 0.794. The predicted octanol–water partition coefficient (Wildman–Crippen LogP) is 3.37. The average Bonchev–Trinajstić information content (AvgIpc) is 2.36. The number of Topliss-reactive ketones (excluding diaryl/α,β-unsaturated/α-hetero) is 1. The molecule has 4 rings (SSSR count). The Morgan fingerprint density at radius 3 is 2.35 bits per heavy atom. The fourth-order valence-electron chi connectivity index (χ4n) is 4.02. The Balaban J connectivity index is 2.04. The van der Waals surface area contributed by atoms with Crippen LogP contribution in [0.5, 0.6) is 0 Å². The molecule has 3 unspecified atom stereocenters. The van der Waals surface area contributed by atoms with Crippen LogP contribution in [0.25, 0.3) is 6.08 Å². The van der Waals surface area contributed by atoms with Crippen molar-refractivity contribution in [3.05, 3.63) is 41.0 Å². The molecule has 3 saturated carbocycles. The lowest BCUT2D eigenvalue weighted by Crippen LogP contribution is -2.65. The molecule has 0 spiro atoms. The van der Waals surface area contributed by atoms with Crippen molar-refractivity contribution in [2.45, 2.75) is 39.7 Å². The third-order valence-corrected chi connectivity index (χ3v) is 5.44. The zero-order valence-electron chi connectivity index (χ0n) is 12.6. The van der Waals surface area contributed by atoms with E-state index in [1.807, 2.05) is 37.3 Å². The van der Waals surface area contributed by atoms with E-state index in [1.165, 1.54) is 5.56 Å². The van der Waals surface area contributed by atoms with Gasteiger partial charge in [0.1, 0.15) is 5.60 Å². The molecule has 20 heavy (non-hydrogen) atoms. The number of rotatable bonds is 1. The Morgan fingerprint density at radius 1 is 1.20 bits per heavy atom. The molecule has 1 aromatic rings. The molecule has 1 N–H and O–H groups in total.